The number of rotatable bonds is 5. The summed E-state index contributed by atoms with van der Waals surface area (Å²) < 4.78 is 2.44. The molecular weight excluding hydrogens is 346 g/mol. The topological polar surface area (TPSA) is 37.2 Å². The van der Waals surface area contributed by atoms with E-state index >= 15 is 0 Å². The summed E-state index contributed by atoms with van der Waals surface area (Å²) in [5.74, 6) is 2.79. The van der Waals surface area contributed by atoms with Crippen LogP contribution >= 0.6 is 0 Å². The summed E-state index contributed by atoms with van der Waals surface area (Å²) in [5.41, 5.74) is 3.67. The molecule has 1 saturated heterocycles. The first-order valence-corrected chi connectivity index (χ1v) is 10.3. The number of nitrogens with zero attached hydrogens (tertiary/aromatic N) is 5. The van der Waals surface area contributed by atoms with Gasteiger partial charge in [-0.1, -0.05) is 18.2 Å². The van der Waals surface area contributed by atoms with Crippen LogP contribution in [0.1, 0.15) is 50.0 Å². The Morgan fingerprint density at radius 2 is 1.96 bits per heavy atom. The molecule has 5 nitrogen and oxygen atoms in total. The first-order valence-electron chi connectivity index (χ1n) is 10.3. The van der Waals surface area contributed by atoms with Crippen LogP contribution < -0.4 is 4.90 Å². The Hall–Kier alpha value is -2.40. The monoisotopic (exact) mass is 377 g/mol. The van der Waals surface area contributed by atoms with Crippen LogP contribution in [0.15, 0.2) is 42.6 Å². The average molecular weight is 378 g/mol. The fourth-order valence-corrected chi connectivity index (χ4v) is 4.50. The second kappa shape index (κ2) is 7.92. The van der Waals surface area contributed by atoms with Crippen molar-refractivity contribution in [2.75, 3.05) is 32.1 Å². The van der Waals surface area contributed by atoms with Crippen molar-refractivity contribution in [1.29, 1.82) is 0 Å². The van der Waals surface area contributed by atoms with Gasteiger partial charge in [0.15, 0.2) is 0 Å². The Balaban J connectivity index is 1.60. The van der Waals surface area contributed by atoms with E-state index < -0.39 is 0 Å². The average Bonchev–Trinajstić information content (AvgIpc) is 3.08. The molecule has 1 aromatic carbocycles. The van der Waals surface area contributed by atoms with Gasteiger partial charge in [-0.25, -0.2) is 9.97 Å². The Morgan fingerprint density at radius 3 is 2.75 bits per heavy atom. The molecule has 0 spiro atoms. The van der Waals surface area contributed by atoms with E-state index in [9.17, 15) is 0 Å². The minimum Gasteiger partial charge on any atom is -0.362 e. The Labute approximate surface area is 168 Å². The maximum atomic E-state index is 5.06. The van der Waals surface area contributed by atoms with E-state index in [1.165, 1.54) is 29.7 Å². The number of para-hydroxylation sites is 2. The molecule has 4 rings (SSSR count). The first kappa shape index (κ1) is 18.9. The second-order valence-electron chi connectivity index (χ2n) is 8.38. The number of aromatic nitrogens is 3. The van der Waals surface area contributed by atoms with Gasteiger partial charge in [-0.3, -0.25) is 4.90 Å². The summed E-state index contributed by atoms with van der Waals surface area (Å²) in [6, 6.07) is 13.2. The van der Waals surface area contributed by atoms with Crippen molar-refractivity contribution >= 4 is 16.9 Å². The van der Waals surface area contributed by atoms with Crippen LogP contribution in [0.25, 0.3) is 11.0 Å². The van der Waals surface area contributed by atoms with Gasteiger partial charge in [0.25, 0.3) is 0 Å². The standard InChI is InChI=1S/C23H31N5/c1-17(2)28-21-12-6-5-11-20(21)25-23(28)19-10-8-14-27(16-19)15-18-9-7-13-24-22(18)26(3)4/h5-7,9,11-13,17,19H,8,10,14-16H2,1-4H3/t19-/m0/s1. The quantitative estimate of drug-likeness (QED) is 0.658. The number of likely N-dealkylation sites (tertiary alicyclic amines) is 1. The van der Waals surface area contributed by atoms with Gasteiger partial charge in [-0.15, -0.1) is 0 Å². The lowest BCUT2D eigenvalue weighted by atomic mass is 9.96. The van der Waals surface area contributed by atoms with E-state index in [4.69, 9.17) is 4.98 Å². The van der Waals surface area contributed by atoms with Crippen LogP contribution in [0.3, 0.4) is 0 Å². The predicted octanol–water partition coefficient (Wildman–Crippen LogP) is 4.46. The lowest BCUT2D eigenvalue weighted by Gasteiger charge is -2.33. The van der Waals surface area contributed by atoms with Crippen molar-refractivity contribution < 1.29 is 0 Å². The maximum Gasteiger partial charge on any atom is 0.132 e. The number of imidazole rings is 1. The molecule has 0 bridgehead atoms. The molecule has 28 heavy (non-hydrogen) atoms. The predicted molar refractivity (Wildman–Crippen MR) is 116 cm³/mol. The van der Waals surface area contributed by atoms with E-state index in [-0.39, 0.29) is 0 Å². The summed E-state index contributed by atoms with van der Waals surface area (Å²) in [6.07, 6.45) is 4.30. The zero-order valence-corrected chi connectivity index (χ0v) is 17.5. The number of hydrogen-bond donors (Lipinski definition) is 0. The molecule has 1 aliphatic rings. The van der Waals surface area contributed by atoms with E-state index in [0.717, 1.165) is 31.0 Å². The van der Waals surface area contributed by atoms with E-state index in [0.29, 0.717) is 12.0 Å². The molecule has 1 fully saturated rings. The van der Waals surface area contributed by atoms with Crippen LogP contribution in [0, 0.1) is 0 Å². The minimum atomic E-state index is 0.413. The van der Waals surface area contributed by atoms with E-state index in [2.05, 4.69) is 77.6 Å². The molecular formula is C23H31N5. The zero-order valence-electron chi connectivity index (χ0n) is 17.5. The number of benzene rings is 1. The fraction of sp³-hybridized carbons (Fsp3) is 0.478. The SMILES string of the molecule is CC(C)n1c([C@H]2CCCN(Cc3cccnc3N(C)C)C2)nc2ccccc21. The third-order valence-electron chi connectivity index (χ3n) is 5.70. The molecule has 2 aromatic heterocycles. The molecule has 0 saturated carbocycles. The molecule has 0 aliphatic carbocycles. The smallest absolute Gasteiger partial charge is 0.132 e. The molecule has 0 radical (unpaired) electrons. The zero-order chi connectivity index (χ0) is 19.7. The maximum absolute atomic E-state index is 5.06. The molecule has 1 aliphatic heterocycles. The Morgan fingerprint density at radius 1 is 1.14 bits per heavy atom. The highest BCUT2D eigenvalue weighted by molar-refractivity contribution is 5.76. The number of piperidine rings is 1. The van der Waals surface area contributed by atoms with Gasteiger partial charge in [0.2, 0.25) is 0 Å². The third kappa shape index (κ3) is 3.63. The fourth-order valence-electron chi connectivity index (χ4n) is 4.50. The van der Waals surface area contributed by atoms with Crippen molar-refractivity contribution in [3.8, 4) is 0 Å². The second-order valence-corrected chi connectivity index (χ2v) is 8.38. The molecule has 0 unspecified atom stereocenters. The summed E-state index contributed by atoms with van der Waals surface area (Å²) >= 11 is 0. The number of pyridine rings is 1. The highest BCUT2D eigenvalue weighted by Crippen LogP contribution is 2.32. The van der Waals surface area contributed by atoms with Crippen LogP contribution in [0.4, 0.5) is 5.82 Å². The van der Waals surface area contributed by atoms with Gasteiger partial charge in [0, 0.05) is 50.9 Å². The third-order valence-corrected chi connectivity index (χ3v) is 5.70. The highest BCUT2D eigenvalue weighted by atomic mass is 15.2. The largest absolute Gasteiger partial charge is 0.362 e. The Bertz CT molecular complexity index is 943. The van der Waals surface area contributed by atoms with Gasteiger partial charge < -0.3 is 9.47 Å². The van der Waals surface area contributed by atoms with Crippen molar-refractivity contribution in [2.24, 2.45) is 0 Å². The first-order chi connectivity index (χ1) is 13.5. The molecule has 3 aromatic rings. The van der Waals surface area contributed by atoms with E-state index in [1.807, 2.05) is 12.3 Å². The molecule has 0 amide bonds. The van der Waals surface area contributed by atoms with Crippen LogP contribution in [-0.4, -0.2) is 46.6 Å². The van der Waals surface area contributed by atoms with Crippen LogP contribution in [-0.2, 0) is 6.54 Å². The van der Waals surface area contributed by atoms with Crippen molar-refractivity contribution in [1.82, 2.24) is 19.4 Å². The van der Waals surface area contributed by atoms with Crippen molar-refractivity contribution in [3.63, 3.8) is 0 Å². The summed E-state index contributed by atoms with van der Waals surface area (Å²) in [6.45, 7) is 7.66. The van der Waals surface area contributed by atoms with Gasteiger partial charge in [0.05, 0.1) is 11.0 Å². The molecule has 3 heterocycles. The van der Waals surface area contributed by atoms with Crippen LogP contribution in [0.5, 0.6) is 0 Å². The molecule has 5 heteroatoms. The highest BCUT2D eigenvalue weighted by Gasteiger charge is 2.27. The lowest BCUT2D eigenvalue weighted by molar-refractivity contribution is 0.194. The van der Waals surface area contributed by atoms with Gasteiger partial charge >= 0.3 is 0 Å². The van der Waals surface area contributed by atoms with Gasteiger partial charge in [-0.05, 0) is 51.4 Å². The normalized spacial score (nSPS) is 18.1. The lowest BCUT2D eigenvalue weighted by Crippen LogP contribution is -2.35. The minimum absolute atomic E-state index is 0.413. The molecule has 148 valence electrons. The number of anilines is 1. The summed E-state index contributed by atoms with van der Waals surface area (Å²) in [7, 11) is 4.13. The number of fused-ring (bicyclic) bond motifs is 1. The van der Waals surface area contributed by atoms with Crippen LogP contribution in [0.2, 0.25) is 0 Å². The van der Waals surface area contributed by atoms with Gasteiger partial charge in [0.1, 0.15) is 11.6 Å². The summed E-state index contributed by atoms with van der Waals surface area (Å²) in [5, 5.41) is 0. The number of hydrogen-bond acceptors (Lipinski definition) is 4. The Kier molecular flexibility index (Phi) is 5.36. The molecule has 0 N–H and O–H groups in total. The molecule has 1 atom stereocenters. The van der Waals surface area contributed by atoms with Crippen molar-refractivity contribution in [3.05, 3.63) is 54.0 Å². The summed E-state index contributed by atoms with van der Waals surface area (Å²) in [4.78, 5) is 14.3. The van der Waals surface area contributed by atoms with E-state index in [1.54, 1.807) is 0 Å². The van der Waals surface area contributed by atoms with Gasteiger partial charge in [-0.2, -0.15) is 0 Å². The van der Waals surface area contributed by atoms with Crippen molar-refractivity contribution in [2.45, 2.75) is 45.2 Å².